The number of nitrogens with zero attached hydrogens (tertiary/aromatic N) is 2. The molecule has 0 bridgehead atoms. The minimum Gasteiger partial charge on any atom is -0.468 e. The SMILES string of the molecule is COC(=O)[C@H](C)Sc1nc2ccccc2n1-c1ccccc1. The van der Waals surface area contributed by atoms with Gasteiger partial charge in [-0.1, -0.05) is 42.1 Å². The standard InChI is InChI=1S/C17H16N2O2S/c1-12(16(20)21-2)22-17-18-14-10-6-7-11-15(14)19(17)13-8-4-3-5-9-13/h3-12H,1-2H3/t12-/m0/s1. The molecule has 22 heavy (non-hydrogen) atoms. The van der Waals surface area contributed by atoms with Crippen LogP contribution in [0, 0.1) is 0 Å². The van der Waals surface area contributed by atoms with Crippen molar-refractivity contribution in [3.63, 3.8) is 0 Å². The molecule has 0 N–H and O–H groups in total. The van der Waals surface area contributed by atoms with Crippen LogP contribution in [-0.4, -0.2) is 27.9 Å². The summed E-state index contributed by atoms with van der Waals surface area (Å²) in [6, 6.07) is 18.0. The molecule has 112 valence electrons. The summed E-state index contributed by atoms with van der Waals surface area (Å²) >= 11 is 1.40. The van der Waals surface area contributed by atoms with Crippen molar-refractivity contribution in [2.75, 3.05) is 7.11 Å². The van der Waals surface area contributed by atoms with Gasteiger partial charge in [-0.25, -0.2) is 4.98 Å². The van der Waals surface area contributed by atoms with Gasteiger partial charge in [0.1, 0.15) is 5.25 Å². The first-order valence-corrected chi connectivity index (χ1v) is 7.86. The van der Waals surface area contributed by atoms with Crippen molar-refractivity contribution in [1.29, 1.82) is 0 Å². The maximum Gasteiger partial charge on any atom is 0.318 e. The molecule has 0 fully saturated rings. The van der Waals surface area contributed by atoms with Crippen LogP contribution >= 0.6 is 11.8 Å². The molecule has 0 aliphatic rings. The highest BCUT2D eigenvalue weighted by molar-refractivity contribution is 8.00. The fraction of sp³-hybridized carbons (Fsp3) is 0.176. The van der Waals surface area contributed by atoms with E-state index in [2.05, 4.69) is 9.55 Å². The van der Waals surface area contributed by atoms with Gasteiger partial charge in [-0.15, -0.1) is 0 Å². The first-order chi connectivity index (χ1) is 10.7. The highest BCUT2D eigenvalue weighted by Gasteiger charge is 2.20. The number of benzene rings is 2. The van der Waals surface area contributed by atoms with Gasteiger partial charge < -0.3 is 4.74 Å². The molecular formula is C17H16N2O2S. The smallest absolute Gasteiger partial charge is 0.318 e. The number of esters is 1. The van der Waals surface area contributed by atoms with Gasteiger partial charge in [0.15, 0.2) is 5.16 Å². The number of thioether (sulfide) groups is 1. The molecule has 3 rings (SSSR count). The molecular weight excluding hydrogens is 296 g/mol. The Kier molecular flexibility index (Phi) is 4.15. The molecule has 0 saturated carbocycles. The van der Waals surface area contributed by atoms with E-state index in [1.54, 1.807) is 0 Å². The molecule has 4 nitrogen and oxygen atoms in total. The fourth-order valence-corrected chi connectivity index (χ4v) is 3.25. The quantitative estimate of drug-likeness (QED) is 0.544. The van der Waals surface area contributed by atoms with E-state index < -0.39 is 0 Å². The van der Waals surface area contributed by atoms with Gasteiger partial charge in [0.05, 0.1) is 18.1 Å². The van der Waals surface area contributed by atoms with Gasteiger partial charge in [0, 0.05) is 5.69 Å². The van der Waals surface area contributed by atoms with Gasteiger partial charge >= 0.3 is 5.97 Å². The second kappa shape index (κ2) is 6.23. The van der Waals surface area contributed by atoms with Crippen LogP contribution in [0.1, 0.15) is 6.92 Å². The lowest BCUT2D eigenvalue weighted by Gasteiger charge is -2.11. The molecule has 0 spiro atoms. The van der Waals surface area contributed by atoms with Crippen molar-refractivity contribution >= 4 is 28.8 Å². The number of fused-ring (bicyclic) bond motifs is 1. The maximum atomic E-state index is 11.7. The Morgan fingerprint density at radius 2 is 1.82 bits per heavy atom. The van der Waals surface area contributed by atoms with E-state index in [1.807, 2.05) is 61.5 Å². The molecule has 0 unspecified atom stereocenters. The normalized spacial score (nSPS) is 12.3. The number of carbonyl (C=O) groups is 1. The summed E-state index contributed by atoms with van der Waals surface area (Å²) in [6.07, 6.45) is 0. The van der Waals surface area contributed by atoms with Crippen molar-refractivity contribution in [2.24, 2.45) is 0 Å². The Bertz CT molecular complexity index is 799. The van der Waals surface area contributed by atoms with E-state index in [9.17, 15) is 4.79 Å². The van der Waals surface area contributed by atoms with Crippen LogP contribution in [0.3, 0.4) is 0 Å². The Balaban J connectivity index is 2.11. The highest BCUT2D eigenvalue weighted by Crippen LogP contribution is 2.30. The number of hydrogen-bond acceptors (Lipinski definition) is 4. The summed E-state index contributed by atoms with van der Waals surface area (Å²) in [6.45, 7) is 1.82. The molecule has 1 atom stereocenters. The van der Waals surface area contributed by atoms with Crippen LogP contribution in [0.4, 0.5) is 0 Å². The minimum atomic E-state index is -0.315. The first kappa shape index (κ1) is 14.7. The minimum absolute atomic E-state index is 0.253. The lowest BCUT2D eigenvalue weighted by molar-refractivity contribution is -0.139. The second-order valence-electron chi connectivity index (χ2n) is 4.84. The van der Waals surface area contributed by atoms with E-state index in [0.717, 1.165) is 21.9 Å². The number of methoxy groups -OCH3 is 1. The summed E-state index contributed by atoms with van der Waals surface area (Å²) in [4.78, 5) is 16.4. The molecule has 1 aromatic heterocycles. The van der Waals surface area contributed by atoms with E-state index in [-0.39, 0.29) is 11.2 Å². The van der Waals surface area contributed by atoms with Crippen molar-refractivity contribution < 1.29 is 9.53 Å². The molecule has 0 radical (unpaired) electrons. The van der Waals surface area contributed by atoms with Crippen LogP contribution in [-0.2, 0) is 9.53 Å². The van der Waals surface area contributed by atoms with Crippen LogP contribution < -0.4 is 0 Å². The Labute approximate surface area is 133 Å². The summed E-state index contributed by atoms with van der Waals surface area (Å²) in [7, 11) is 1.40. The Morgan fingerprint density at radius 3 is 2.55 bits per heavy atom. The number of rotatable bonds is 4. The second-order valence-corrected chi connectivity index (χ2v) is 6.15. The van der Waals surface area contributed by atoms with Gasteiger partial charge in [-0.2, -0.15) is 0 Å². The van der Waals surface area contributed by atoms with E-state index >= 15 is 0 Å². The molecule has 0 aliphatic carbocycles. The van der Waals surface area contributed by atoms with Gasteiger partial charge in [0.2, 0.25) is 0 Å². The summed E-state index contributed by atoms with van der Waals surface area (Å²) < 4.78 is 6.88. The summed E-state index contributed by atoms with van der Waals surface area (Å²) in [5.74, 6) is -0.253. The molecule has 0 saturated heterocycles. The first-order valence-electron chi connectivity index (χ1n) is 6.98. The van der Waals surface area contributed by atoms with E-state index in [4.69, 9.17) is 4.74 Å². The number of hydrogen-bond donors (Lipinski definition) is 0. The predicted molar refractivity (Wildman–Crippen MR) is 88.4 cm³/mol. The zero-order valence-corrected chi connectivity index (χ0v) is 13.2. The van der Waals surface area contributed by atoms with Crippen LogP contribution in [0.25, 0.3) is 16.7 Å². The molecule has 1 heterocycles. The van der Waals surface area contributed by atoms with Gasteiger partial charge in [-0.3, -0.25) is 9.36 Å². The zero-order valence-electron chi connectivity index (χ0n) is 12.4. The Morgan fingerprint density at radius 1 is 1.14 bits per heavy atom. The van der Waals surface area contributed by atoms with Crippen molar-refractivity contribution in [3.05, 3.63) is 54.6 Å². The molecule has 2 aromatic carbocycles. The van der Waals surface area contributed by atoms with Crippen molar-refractivity contribution in [1.82, 2.24) is 9.55 Å². The van der Waals surface area contributed by atoms with Crippen LogP contribution in [0.15, 0.2) is 59.8 Å². The van der Waals surface area contributed by atoms with Crippen LogP contribution in [0.2, 0.25) is 0 Å². The third kappa shape index (κ3) is 2.72. The summed E-state index contributed by atoms with van der Waals surface area (Å²) in [5, 5.41) is 0.467. The average molecular weight is 312 g/mol. The molecule has 3 aromatic rings. The zero-order chi connectivity index (χ0) is 15.5. The molecule has 5 heteroatoms. The number of aromatic nitrogens is 2. The Hall–Kier alpha value is -2.27. The predicted octanol–water partition coefficient (Wildman–Crippen LogP) is 3.68. The largest absolute Gasteiger partial charge is 0.468 e. The third-order valence-corrected chi connectivity index (χ3v) is 4.39. The van der Waals surface area contributed by atoms with Crippen molar-refractivity contribution in [3.8, 4) is 5.69 Å². The maximum absolute atomic E-state index is 11.7. The lowest BCUT2D eigenvalue weighted by atomic mass is 10.3. The van der Waals surface area contributed by atoms with Crippen molar-refractivity contribution in [2.45, 2.75) is 17.3 Å². The van der Waals surface area contributed by atoms with E-state index in [0.29, 0.717) is 0 Å². The molecule has 0 amide bonds. The average Bonchev–Trinajstić information content (AvgIpc) is 2.92. The number of imidazole rings is 1. The number of ether oxygens (including phenoxy) is 1. The lowest BCUT2D eigenvalue weighted by Crippen LogP contribution is -2.15. The summed E-state index contributed by atoms with van der Waals surface area (Å²) in [5.41, 5.74) is 2.95. The topological polar surface area (TPSA) is 44.1 Å². The highest BCUT2D eigenvalue weighted by atomic mass is 32.2. The third-order valence-electron chi connectivity index (χ3n) is 3.36. The van der Waals surface area contributed by atoms with Crippen LogP contribution in [0.5, 0.6) is 0 Å². The fourth-order valence-electron chi connectivity index (χ4n) is 2.28. The van der Waals surface area contributed by atoms with Gasteiger partial charge in [0.25, 0.3) is 0 Å². The van der Waals surface area contributed by atoms with E-state index in [1.165, 1.54) is 18.9 Å². The number of para-hydroxylation sites is 3. The van der Waals surface area contributed by atoms with Gasteiger partial charge in [-0.05, 0) is 31.2 Å². The number of carbonyl (C=O) groups excluding carboxylic acids is 1. The molecule has 0 aliphatic heterocycles. The monoisotopic (exact) mass is 312 g/mol.